The molecule has 5 heteroatoms. The number of aliphatic carboxylic acids is 1. The van der Waals surface area contributed by atoms with Gasteiger partial charge in [0.1, 0.15) is 0 Å². The van der Waals surface area contributed by atoms with Gasteiger partial charge in [0.05, 0.1) is 11.8 Å². The zero-order valence-corrected chi connectivity index (χ0v) is 12.2. The van der Waals surface area contributed by atoms with Crippen molar-refractivity contribution >= 4 is 23.3 Å². The molecule has 5 nitrogen and oxygen atoms in total. The number of amides is 1. The number of carboxylic acid groups (broad SMARTS) is 1. The Bertz CT molecular complexity index is 679. The lowest BCUT2D eigenvalue weighted by atomic mass is 9.82. The topological polar surface area (TPSA) is 83.5 Å². The van der Waals surface area contributed by atoms with E-state index in [1.54, 1.807) is 24.3 Å². The number of benzene rings is 1. The SMILES string of the molecule is CC(=O)c1cccc(NC(=O)[C@H]2[C@@H](C(=O)O)[C@H]3C=C[C@H]2C3)c1. The van der Waals surface area contributed by atoms with Gasteiger partial charge in [-0.25, -0.2) is 0 Å². The Hall–Kier alpha value is -2.43. The molecule has 0 saturated heterocycles. The first-order chi connectivity index (χ1) is 10.5. The van der Waals surface area contributed by atoms with Crippen molar-refractivity contribution in [2.24, 2.45) is 23.7 Å². The van der Waals surface area contributed by atoms with Crippen molar-refractivity contribution in [3.63, 3.8) is 0 Å². The van der Waals surface area contributed by atoms with E-state index in [2.05, 4.69) is 5.32 Å². The normalized spacial score (nSPS) is 28.6. The van der Waals surface area contributed by atoms with E-state index in [1.165, 1.54) is 6.92 Å². The molecule has 1 saturated carbocycles. The van der Waals surface area contributed by atoms with Crippen LogP contribution in [-0.4, -0.2) is 22.8 Å². The summed E-state index contributed by atoms with van der Waals surface area (Å²) in [6.45, 7) is 1.46. The number of nitrogens with one attached hydrogen (secondary N) is 1. The Kier molecular flexibility index (Phi) is 3.56. The second-order valence-corrected chi connectivity index (χ2v) is 5.96. The number of anilines is 1. The van der Waals surface area contributed by atoms with Crippen LogP contribution in [0.25, 0.3) is 0 Å². The fourth-order valence-corrected chi connectivity index (χ4v) is 3.56. The Morgan fingerprint density at radius 1 is 1.14 bits per heavy atom. The predicted octanol–water partition coefficient (Wildman–Crippen LogP) is 2.35. The van der Waals surface area contributed by atoms with Crippen LogP contribution in [0, 0.1) is 23.7 Å². The molecule has 114 valence electrons. The first-order valence-corrected chi connectivity index (χ1v) is 7.30. The monoisotopic (exact) mass is 299 g/mol. The summed E-state index contributed by atoms with van der Waals surface area (Å²) in [7, 11) is 0. The molecule has 0 aromatic heterocycles. The van der Waals surface area contributed by atoms with Crippen LogP contribution in [0.5, 0.6) is 0 Å². The molecular weight excluding hydrogens is 282 g/mol. The van der Waals surface area contributed by atoms with Crippen LogP contribution in [0.4, 0.5) is 5.69 Å². The highest BCUT2D eigenvalue weighted by molar-refractivity contribution is 5.99. The van der Waals surface area contributed by atoms with Gasteiger partial charge in [-0.1, -0.05) is 24.3 Å². The second kappa shape index (κ2) is 5.40. The zero-order chi connectivity index (χ0) is 15.9. The number of hydrogen-bond donors (Lipinski definition) is 2. The minimum Gasteiger partial charge on any atom is -0.481 e. The third-order valence-electron chi connectivity index (χ3n) is 4.58. The fourth-order valence-electron chi connectivity index (χ4n) is 3.56. The number of hydrogen-bond acceptors (Lipinski definition) is 3. The molecule has 0 aliphatic heterocycles. The smallest absolute Gasteiger partial charge is 0.307 e. The van der Waals surface area contributed by atoms with Gasteiger partial charge in [-0.2, -0.15) is 0 Å². The van der Waals surface area contributed by atoms with Crippen LogP contribution in [0.15, 0.2) is 36.4 Å². The number of fused-ring (bicyclic) bond motifs is 2. The molecule has 0 unspecified atom stereocenters. The minimum atomic E-state index is -0.922. The average molecular weight is 299 g/mol. The standard InChI is InChI=1S/C17H17NO4/c1-9(19)10-3-2-4-13(8-10)18-16(20)14-11-5-6-12(7-11)15(14)17(21)22/h2-6,8,11-12,14-15H,7H2,1H3,(H,18,20)(H,21,22)/t11-,12-,14+,15-/m0/s1. The first kappa shape index (κ1) is 14.5. The minimum absolute atomic E-state index is 0.0120. The van der Waals surface area contributed by atoms with E-state index in [4.69, 9.17) is 0 Å². The number of carbonyl (C=O) groups is 3. The average Bonchev–Trinajstić information content (AvgIpc) is 3.07. The molecule has 2 N–H and O–H groups in total. The fraction of sp³-hybridized carbons (Fsp3) is 0.353. The first-order valence-electron chi connectivity index (χ1n) is 7.30. The Morgan fingerprint density at radius 3 is 2.45 bits per heavy atom. The number of carbonyl (C=O) groups excluding carboxylic acids is 2. The Balaban J connectivity index is 1.80. The Labute approximate surface area is 128 Å². The van der Waals surface area contributed by atoms with E-state index in [0.717, 1.165) is 6.42 Å². The van der Waals surface area contributed by atoms with E-state index in [-0.39, 0.29) is 23.5 Å². The van der Waals surface area contributed by atoms with Gasteiger partial charge in [0.2, 0.25) is 5.91 Å². The summed E-state index contributed by atoms with van der Waals surface area (Å²) < 4.78 is 0. The summed E-state index contributed by atoms with van der Waals surface area (Å²) in [4.78, 5) is 35.3. The maximum Gasteiger partial charge on any atom is 0.307 e. The number of rotatable bonds is 4. The van der Waals surface area contributed by atoms with Crippen LogP contribution < -0.4 is 5.32 Å². The third-order valence-corrected chi connectivity index (χ3v) is 4.58. The lowest BCUT2D eigenvalue weighted by Gasteiger charge is -2.23. The van der Waals surface area contributed by atoms with Crippen LogP contribution >= 0.6 is 0 Å². The molecule has 2 aliphatic carbocycles. The molecule has 1 amide bonds. The molecule has 1 aromatic carbocycles. The molecule has 22 heavy (non-hydrogen) atoms. The van der Waals surface area contributed by atoms with Gasteiger partial charge < -0.3 is 10.4 Å². The predicted molar refractivity (Wildman–Crippen MR) is 80.4 cm³/mol. The third kappa shape index (κ3) is 2.43. The molecule has 0 heterocycles. The van der Waals surface area contributed by atoms with E-state index in [0.29, 0.717) is 11.3 Å². The van der Waals surface area contributed by atoms with Crippen molar-refractivity contribution < 1.29 is 19.5 Å². The van der Waals surface area contributed by atoms with E-state index in [9.17, 15) is 19.5 Å². The molecule has 4 atom stereocenters. The summed E-state index contributed by atoms with van der Waals surface area (Å²) in [6.07, 6.45) is 4.58. The molecule has 2 aliphatic rings. The maximum atomic E-state index is 12.5. The van der Waals surface area contributed by atoms with Crippen molar-refractivity contribution in [1.29, 1.82) is 0 Å². The quantitative estimate of drug-likeness (QED) is 0.660. The molecule has 1 aromatic rings. The molecule has 1 fully saturated rings. The lowest BCUT2D eigenvalue weighted by Crippen LogP contribution is -2.36. The largest absolute Gasteiger partial charge is 0.481 e. The van der Waals surface area contributed by atoms with Crippen molar-refractivity contribution in [2.75, 3.05) is 5.32 Å². The van der Waals surface area contributed by atoms with Gasteiger partial charge >= 0.3 is 5.97 Å². The molecular formula is C17H17NO4. The zero-order valence-electron chi connectivity index (χ0n) is 12.2. The van der Waals surface area contributed by atoms with Crippen LogP contribution in [0.3, 0.4) is 0 Å². The summed E-state index contributed by atoms with van der Waals surface area (Å²) in [6, 6.07) is 6.68. The summed E-state index contributed by atoms with van der Waals surface area (Å²) in [5.41, 5.74) is 1.04. The van der Waals surface area contributed by atoms with Crippen molar-refractivity contribution in [2.45, 2.75) is 13.3 Å². The van der Waals surface area contributed by atoms with Gasteiger partial charge in [-0.05, 0) is 37.3 Å². The number of allylic oxidation sites excluding steroid dienone is 2. The van der Waals surface area contributed by atoms with Crippen LogP contribution in [0.2, 0.25) is 0 Å². The Morgan fingerprint density at radius 2 is 1.82 bits per heavy atom. The molecule has 0 radical (unpaired) electrons. The van der Waals surface area contributed by atoms with Crippen LogP contribution in [0.1, 0.15) is 23.7 Å². The molecule has 2 bridgehead atoms. The maximum absolute atomic E-state index is 12.5. The summed E-state index contributed by atoms with van der Waals surface area (Å²) >= 11 is 0. The van der Waals surface area contributed by atoms with Gasteiger partial charge in [0.15, 0.2) is 5.78 Å². The highest BCUT2D eigenvalue weighted by atomic mass is 16.4. The van der Waals surface area contributed by atoms with E-state index >= 15 is 0 Å². The number of carboxylic acids is 1. The van der Waals surface area contributed by atoms with E-state index < -0.39 is 17.8 Å². The van der Waals surface area contributed by atoms with Gasteiger partial charge in [0.25, 0.3) is 0 Å². The van der Waals surface area contributed by atoms with Gasteiger partial charge in [-0.3, -0.25) is 14.4 Å². The van der Waals surface area contributed by atoms with Crippen molar-refractivity contribution in [3.05, 3.63) is 42.0 Å². The molecule has 0 spiro atoms. The lowest BCUT2D eigenvalue weighted by molar-refractivity contribution is -0.146. The number of Topliss-reactive ketones (excluding diaryl/α,β-unsaturated/α-hetero) is 1. The van der Waals surface area contributed by atoms with Gasteiger partial charge in [-0.15, -0.1) is 0 Å². The second-order valence-electron chi connectivity index (χ2n) is 5.96. The van der Waals surface area contributed by atoms with E-state index in [1.807, 2.05) is 12.2 Å². The summed E-state index contributed by atoms with van der Waals surface area (Å²) in [5.74, 6) is -2.56. The van der Waals surface area contributed by atoms with Crippen molar-refractivity contribution in [3.8, 4) is 0 Å². The van der Waals surface area contributed by atoms with Crippen molar-refractivity contribution in [1.82, 2.24) is 0 Å². The highest BCUT2D eigenvalue weighted by Gasteiger charge is 2.51. The highest BCUT2D eigenvalue weighted by Crippen LogP contribution is 2.48. The van der Waals surface area contributed by atoms with Gasteiger partial charge in [0, 0.05) is 11.3 Å². The summed E-state index contributed by atoms with van der Waals surface area (Å²) in [5, 5.41) is 12.1. The van der Waals surface area contributed by atoms with Crippen LogP contribution in [-0.2, 0) is 9.59 Å². The molecule has 3 rings (SSSR count). The number of ketones is 1.